The van der Waals surface area contributed by atoms with E-state index < -0.39 is 16.1 Å². The first-order valence-electron chi connectivity index (χ1n) is 9.12. The van der Waals surface area contributed by atoms with E-state index in [1.54, 1.807) is 21.4 Å². The normalized spacial score (nSPS) is 13.8. The predicted molar refractivity (Wildman–Crippen MR) is 109 cm³/mol. The van der Waals surface area contributed by atoms with Gasteiger partial charge in [0.05, 0.1) is 11.9 Å². The Morgan fingerprint density at radius 3 is 2.62 bits per heavy atom. The van der Waals surface area contributed by atoms with Crippen LogP contribution in [0.2, 0.25) is 0 Å². The van der Waals surface area contributed by atoms with Crippen molar-refractivity contribution in [3.05, 3.63) is 70.9 Å². The lowest BCUT2D eigenvalue weighted by Crippen LogP contribution is -2.35. The number of nitrogens with one attached hydrogen (secondary N) is 2. The van der Waals surface area contributed by atoms with Gasteiger partial charge in [-0.05, 0) is 42.3 Å². The molecule has 2 heterocycles. The van der Waals surface area contributed by atoms with Crippen molar-refractivity contribution in [3.8, 4) is 0 Å². The van der Waals surface area contributed by atoms with Crippen molar-refractivity contribution < 1.29 is 18.0 Å². The fraction of sp³-hybridized carbons (Fsp3) is 0.200. The van der Waals surface area contributed by atoms with E-state index >= 15 is 0 Å². The van der Waals surface area contributed by atoms with E-state index in [-0.39, 0.29) is 17.9 Å². The van der Waals surface area contributed by atoms with E-state index in [1.807, 2.05) is 30.3 Å². The molecule has 1 aromatic heterocycles. The van der Waals surface area contributed by atoms with Crippen LogP contribution in [-0.2, 0) is 29.6 Å². The van der Waals surface area contributed by atoms with E-state index in [2.05, 4.69) is 5.32 Å². The lowest BCUT2D eigenvalue weighted by Gasteiger charge is -2.16. The molecular weight excluding hydrogens is 392 g/mol. The summed E-state index contributed by atoms with van der Waals surface area (Å²) in [6.07, 6.45) is 0.961. The third kappa shape index (κ3) is 3.93. The molecule has 150 valence electrons. The summed E-state index contributed by atoms with van der Waals surface area (Å²) in [4.78, 5) is 25.3. The highest BCUT2D eigenvalue weighted by atomic mass is 32.2. The average Bonchev–Trinajstić information content (AvgIpc) is 3.01. The van der Waals surface area contributed by atoms with Gasteiger partial charge in [-0.15, -0.1) is 0 Å². The van der Waals surface area contributed by atoms with E-state index in [9.17, 15) is 18.0 Å². The molecule has 0 radical (unpaired) electrons. The number of hydrogen-bond donors (Lipinski definition) is 3. The molecule has 3 aromatic rings. The molecule has 1 amide bonds. The summed E-state index contributed by atoms with van der Waals surface area (Å²) in [7, 11) is -4.15. The first-order valence-corrected chi connectivity index (χ1v) is 10.7. The van der Waals surface area contributed by atoms with Crippen LogP contribution in [0.4, 0.5) is 0 Å². The van der Waals surface area contributed by atoms with Crippen LogP contribution < -0.4 is 15.2 Å². The Kier molecular flexibility index (Phi) is 4.95. The van der Waals surface area contributed by atoms with Crippen LogP contribution in [0.1, 0.15) is 32.0 Å². The molecule has 0 aliphatic carbocycles. The second-order valence-electron chi connectivity index (χ2n) is 6.95. The predicted octanol–water partition coefficient (Wildman–Crippen LogP) is 1.10. The van der Waals surface area contributed by atoms with Gasteiger partial charge in [-0.1, -0.05) is 30.3 Å². The Hall–Kier alpha value is -3.01. The quantitative estimate of drug-likeness (QED) is 0.592. The molecule has 0 saturated heterocycles. The third-order valence-corrected chi connectivity index (χ3v) is 5.44. The number of nitrogens with zero attached hydrogens (tertiary/aromatic N) is 1. The summed E-state index contributed by atoms with van der Waals surface area (Å²) in [5.74, 6) is -0.867. The number of rotatable bonds is 4. The summed E-state index contributed by atoms with van der Waals surface area (Å²) >= 11 is 0. The van der Waals surface area contributed by atoms with Crippen molar-refractivity contribution in [2.75, 3.05) is 6.54 Å². The number of amides is 1. The molecule has 1 aliphatic heterocycles. The maximum atomic E-state index is 13.1. The highest BCUT2D eigenvalue weighted by molar-refractivity contribution is 7.87. The van der Waals surface area contributed by atoms with Crippen molar-refractivity contribution in [3.63, 3.8) is 0 Å². The zero-order valence-corrected chi connectivity index (χ0v) is 16.3. The fourth-order valence-electron chi connectivity index (χ4n) is 3.76. The minimum Gasteiger partial charge on any atom is -0.311 e. The van der Waals surface area contributed by atoms with Gasteiger partial charge in [0.15, 0.2) is 0 Å². The van der Waals surface area contributed by atoms with Crippen molar-refractivity contribution in [2.45, 2.75) is 19.4 Å². The molecule has 29 heavy (non-hydrogen) atoms. The van der Waals surface area contributed by atoms with Gasteiger partial charge in [0, 0.05) is 23.2 Å². The van der Waals surface area contributed by atoms with Crippen LogP contribution in [0.3, 0.4) is 0 Å². The van der Waals surface area contributed by atoms with Crippen LogP contribution >= 0.6 is 0 Å². The van der Waals surface area contributed by atoms with Crippen LogP contribution in [-0.4, -0.2) is 31.3 Å². The largest absolute Gasteiger partial charge is 0.311 e. The summed E-state index contributed by atoms with van der Waals surface area (Å²) < 4.78 is 25.8. The Morgan fingerprint density at radius 1 is 1.14 bits per heavy atom. The molecule has 4 rings (SSSR count). The number of fused-ring (bicyclic) bond motifs is 3. The number of carbonyl (C=O) groups excluding carboxylic acids is 2. The number of aromatic nitrogens is 1. The molecule has 0 bridgehead atoms. The van der Waals surface area contributed by atoms with E-state index in [1.165, 1.54) is 6.07 Å². The highest BCUT2D eigenvalue weighted by Crippen LogP contribution is 2.30. The summed E-state index contributed by atoms with van der Waals surface area (Å²) in [6, 6.07) is 14.3. The van der Waals surface area contributed by atoms with Gasteiger partial charge in [-0.2, -0.15) is 8.42 Å². The molecule has 0 atom stereocenters. The first-order chi connectivity index (χ1) is 13.8. The molecule has 4 N–H and O–H groups in total. The minimum atomic E-state index is -4.15. The zero-order valence-electron chi connectivity index (χ0n) is 15.5. The lowest BCUT2D eigenvalue weighted by molar-refractivity contribution is 0.0914. The summed E-state index contributed by atoms with van der Waals surface area (Å²) in [5.41, 5.74) is 3.65. The maximum absolute atomic E-state index is 13.1. The summed E-state index contributed by atoms with van der Waals surface area (Å²) in [5, 5.41) is 8.95. The molecule has 2 aromatic carbocycles. The number of hydrogen-bond acceptors (Lipinski definition) is 5. The highest BCUT2D eigenvalue weighted by Gasteiger charge is 2.24. The molecular formula is C20H20N4O4S. The zero-order chi connectivity index (χ0) is 20.6. The van der Waals surface area contributed by atoms with Crippen LogP contribution in [0.25, 0.3) is 10.9 Å². The van der Waals surface area contributed by atoms with Gasteiger partial charge in [0.25, 0.3) is 16.1 Å². The minimum absolute atomic E-state index is 0.0621. The standard InChI is InChI=1S/C20H20N4O4S/c21-29(27,28)23-20(26)14-6-7-17-16(11-14)15-8-9-22-12-18(15)24(17)19(25)10-13-4-2-1-3-5-13/h1-7,11,22H,8-10,12H2,(H,23,26)(H2,21,27,28). The van der Waals surface area contributed by atoms with Gasteiger partial charge in [0.2, 0.25) is 5.91 Å². The smallest absolute Gasteiger partial charge is 0.298 e. The molecule has 0 fully saturated rings. The van der Waals surface area contributed by atoms with Gasteiger partial charge >= 0.3 is 0 Å². The Bertz CT molecular complexity index is 1220. The topological polar surface area (TPSA) is 123 Å². The number of nitrogens with two attached hydrogens (primary N) is 1. The SMILES string of the molecule is NS(=O)(=O)NC(=O)c1ccc2c(c1)c1c(n2C(=O)Cc2ccccc2)CNCC1. The lowest BCUT2D eigenvalue weighted by atomic mass is 10.0. The molecule has 0 unspecified atom stereocenters. The molecule has 0 saturated carbocycles. The maximum Gasteiger partial charge on any atom is 0.298 e. The third-order valence-electron chi connectivity index (χ3n) is 4.97. The first kappa shape index (κ1) is 19.3. The fourth-order valence-corrected chi connectivity index (χ4v) is 4.13. The monoisotopic (exact) mass is 412 g/mol. The van der Waals surface area contributed by atoms with E-state index in [4.69, 9.17) is 5.14 Å². The van der Waals surface area contributed by atoms with E-state index in [0.29, 0.717) is 18.5 Å². The molecule has 9 heteroatoms. The van der Waals surface area contributed by atoms with Gasteiger partial charge in [-0.3, -0.25) is 14.2 Å². The molecule has 0 spiro atoms. The van der Waals surface area contributed by atoms with Crippen molar-refractivity contribution >= 4 is 32.9 Å². The average molecular weight is 412 g/mol. The van der Waals surface area contributed by atoms with Gasteiger partial charge in [-0.25, -0.2) is 9.86 Å². The number of benzene rings is 2. The van der Waals surface area contributed by atoms with Crippen LogP contribution in [0.5, 0.6) is 0 Å². The summed E-state index contributed by atoms with van der Waals surface area (Å²) in [6.45, 7) is 1.30. The van der Waals surface area contributed by atoms with Crippen molar-refractivity contribution in [2.24, 2.45) is 5.14 Å². The Balaban J connectivity index is 1.79. The van der Waals surface area contributed by atoms with Gasteiger partial charge < -0.3 is 5.32 Å². The molecule has 8 nitrogen and oxygen atoms in total. The Labute approximate surface area is 167 Å². The van der Waals surface area contributed by atoms with Crippen LogP contribution in [0.15, 0.2) is 48.5 Å². The van der Waals surface area contributed by atoms with Crippen molar-refractivity contribution in [1.29, 1.82) is 0 Å². The second kappa shape index (κ2) is 7.43. The van der Waals surface area contributed by atoms with Crippen molar-refractivity contribution in [1.82, 2.24) is 14.6 Å². The van der Waals surface area contributed by atoms with Crippen LogP contribution in [0, 0.1) is 0 Å². The number of carbonyl (C=O) groups is 2. The van der Waals surface area contributed by atoms with E-state index in [0.717, 1.165) is 28.8 Å². The second-order valence-corrected chi connectivity index (χ2v) is 8.25. The Morgan fingerprint density at radius 2 is 1.90 bits per heavy atom. The van der Waals surface area contributed by atoms with Gasteiger partial charge in [0.1, 0.15) is 0 Å². The molecule has 1 aliphatic rings.